The monoisotopic (exact) mass is 342 g/mol. The molecule has 1 rings (SSSR count). The average Bonchev–Trinajstić information content (AvgIpc) is 2.74. The topological polar surface area (TPSA) is 15.7 Å². The van der Waals surface area contributed by atoms with E-state index in [1.54, 1.807) is 0 Å². The van der Waals surface area contributed by atoms with Gasteiger partial charge in [0.25, 0.3) is 0 Å². The normalized spacial score (nSPS) is 18.4. The summed E-state index contributed by atoms with van der Waals surface area (Å²) in [5.41, 5.74) is 0. The van der Waals surface area contributed by atoms with Gasteiger partial charge in [0.1, 0.15) is 0 Å². The van der Waals surface area contributed by atoms with Gasteiger partial charge in [-0.2, -0.15) is 0 Å². The van der Waals surface area contributed by atoms with Crippen LogP contribution in [-0.2, 0) is 4.43 Å². The van der Waals surface area contributed by atoms with Crippen LogP contribution in [-0.4, -0.2) is 45.9 Å². The Bertz CT molecular complexity index is 406. The van der Waals surface area contributed by atoms with Crippen LogP contribution in [0.25, 0.3) is 0 Å². The molecule has 0 fully saturated rings. The van der Waals surface area contributed by atoms with Crippen LogP contribution in [0.1, 0.15) is 41.5 Å². The van der Waals surface area contributed by atoms with Crippen molar-refractivity contribution in [3.05, 3.63) is 12.3 Å². The summed E-state index contributed by atoms with van der Waals surface area (Å²) in [6.45, 7) is 26.5. The minimum atomic E-state index is -1.64. The molecule has 0 aliphatic carbocycles. The van der Waals surface area contributed by atoms with Crippen LogP contribution in [0.15, 0.2) is 12.3 Å². The van der Waals surface area contributed by atoms with Gasteiger partial charge in [-0.3, -0.25) is 0 Å². The van der Waals surface area contributed by atoms with Gasteiger partial charge in [-0.1, -0.05) is 60.7 Å². The predicted octanol–water partition coefficient (Wildman–Crippen LogP) is 5.06. The smallest absolute Gasteiger partial charge is 0.192 e. The highest BCUT2D eigenvalue weighted by Crippen LogP contribution is 2.40. The quantitative estimate of drug-likeness (QED) is 0.649. The molecular weight excluding hydrogens is 304 g/mol. The van der Waals surface area contributed by atoms with E-state index < -0.39 is 16.6 Å². The van der Waals surface area contributed by atoms with Crippen LogP contribution in [0.3, 0.4) is 0 Å². The summed E-state index contributed by atoms with van der Waals surface area (Å²) >= 11 is 0. The molecule has 1 aliphatic rings. The number of hydrogen-bond acceptors (Lipinski definition) is 3. The van der Waals surface area contributed by atoms with Gasteiger partial charge in [-0.05, 0) is 23.2 Å². The molecule has 0 atom stereocenters. The maximum Gasteiger partial charge on any atom is 0.192 e. The third-order valence-corrected chi connectivity index (χ3v) is 15.9. The maximum absolute atomic E-state index is 6.35. The summed E-state index contributed by atoms with van der Waals surface area (Å²) in [6.07, 6.45) is 4.53. The zero-order valence-corrected chi connectivity index (χ0v) is 18.6. The molecule has 0 saturated heterocycles. The zero-order chi connectivity index (χ0) is 17.4. The van der Waals surface area contributed by atoms with E-state index in [9.17, 15) is 0 Å². The minimum Gasteiger partial charge on any atom is -0.415 e. The van der Waals surface area contributed by atoms with Crippen LogP contribution in [0.2, 0.25) is 36.3 Å². The summed E-state index contributed by atoms with van der Waals surface area (Å²) in [5.74, 6) is 0. The lowest BCUT2D eigenvalue weighted by molar-refractivity contribution is 0.107. The summed E-state index contributed by atoms with van der Waals surface area (Å²) in [7, 11) is -3.15. The largest absolute Gasteiger partial charge is 0.415 e. The Morgan fingerprint density at radius 3 is 1.95 bits per heavy atom. The lowest BCUT2D eigenvalue weighted by Crippen LogP contribution is -2.59. The van der Waals surface area contributed by atoms with Crippen LogP contribution in [0, 0.1) is 0 Å². The highest BCUT2D eigenvalue weighted by atomic mass is 28.4. The van der Waals surface area contributed by atoms with Gasteiger partial charge in [-0.25, -0.2) is 4.67 Å². The van der Waals surface area contributed by atoms with E-state index in [0.717, 1.165) is 19.7 Å². The van der Waals surface area contributed by atoms with Crippen molar-refractivity contribution in [3.8, 4) is 0 Å². The second-order valence-electron chi connectivity index (χ2n) is 9.55. The molecular formula is C17H38N2OSi2. The van der Waals surface area contributed by atoms with Crippen molar-refractivity contribution in [3.63, 3.8) is 0 Å². The van der Waals surface area contributed by atoms with Gasteiger partial charge in [-0.15, -0.1) is 0 Å². The first kappa shape index (κ1) is 19.9. The number of rotatable bonds is 5. The van der Waals surface area contributed by atoms with E-state index in [4.69, 9.17) is 4.43 Å². The van der Waals surface area contributed by atoms with Gasteiger partial charge in [0.2, 0.25) is 0 Å². The highest BCUT2D eigenvalue weighted by molar-refractivity contribution is 6.77. The summed E-state index contributed by atoms with van der Waals surface area (Å²) in [5, 5.41) is 3.05. The van der Waals surface area contributed by atoms with Crippen molar-refractivity contribution in [2.45, 2.75) is 77.8 Å². The van der Waals surface area contributed by atoms with Crippen LogP contribution in [0.4, 0.5) is 0 Å². The molecule has 0 unspecified atom stereocenters. The molecule has 0 aromatic rings. The lowest BCUT2D eigenvalue weighted by Gasteiger charge is -2.48. The van der Waals surface area contributed by atoms with Crippen molar-refractivity contribution < 1.29 is 4.43 Å². The average molecular weight is 343 g/mol. The van der Waals surface area contributed by atoms with E-state index in [1.165, 1.54) is 0 Å². The second kappa shape index (κ2) is 6.42. The van der Waals surface area contributed by atoms with Gasteiger partial charge >= 0.3 is 0 Å². The van der Waals surface area contributed by atoms with Crippen LogP contribution >= 0.6 is 0 Å². The molecule has 1 heterocycles. The first-order chi connectivity index (χ1) is 9.70. The van der Waals surface area contributed by atoms with Gasteiger partial charge in [0, 0.05) is 12.7 Å². The van der Waals surface area contributed by atoms with Crippen molar-refractivity contribution >= 4 is 16.6 Å². The fourth-order valence-electron chi connectivity index (χ4n) is 2.20. The SMILES string of the molecule is CC(C)(C)[Si](C)(C)OCCN1C=CCN1[Si](C)(C)C(C)(C)C. The molecule has 3 nitrogen and oxygen atoms in total. The Kier molecular flexibility index (Phi) is 5.82. The molecule has 0 radical (unpaired) electrons. The van der Waals surface area contributed by atoms with Gasteiger partial charge < -0.3 is 9.43 Å². The molecule has 0 aromatic heterocycles. The van der Waals surface area contributed by atoms with Crippen LogP contribution in [0.5, 0.6) is 0 Å². The van der Waals surface area contributed by atoms with Gasteiger partial charge in [0.05, 0.1) is 13.2 Å². The Labute approximate surface area is 140 Å². The van der Waals surface area contributed by atoms with Crippen molar-refractivity contribution in [1.29, 1.82) is 0 Å². The van der Waals surface area contributed by atoms with Gasteiger partial charge in [0.15, 0.2) is 16.6 Å². The Hall–Kier alpha value is -0.106. The Morgan fingerprint density at radius 1 is 0.955 bits per heavy atom. The third-order valence-electron chi connectivity index (χ3n) is 5.94. The van der Waals surface area contributed by atoms with E-state index in [0.29, 0.717) is 5.04 Å². The molecule has 130 valence electrons. The number of hydrazine groups is 1. The molecule has 0 saturated carbocycles. The fourth-order valence-corrected chi connectivity index (χ4v) is 5.38. The summed E-state index contributed by atoms with van der Waals surface area (Å²) in [6, 6.07) is 0. The Morgan fingerprint density at radius 2 is 1.50 bits per heavy atom. The zero-order valence-electron chi connectivity index (χ0n) is 16.6. The molecule has 0 aromatic carbocycles. The van der Waals surface area contributed by atoms with Crippen molar-refractivity contribution in [1.82, 2.24) is 9.68 Å². The third kappa shape index (κ3) is 4.25. The van der Waals surface area contributed by atoms with Crippen molar-refractivity contribution in [2.24, 2.45) is 0 Å². The molecule has 0 amide bonds. The number of nitrogens with zero attached hydrogens (tertiary/aromatic N) is 2. The number of hydrogen-bond donors (Lipinski definition) is 0. The van der Waals surface area contributed by atoms with E-state index in [1.807, 2.05) is 0 Å². The minimum absolute atomic E-state index is 0.285. The Balaban J connectivity index is 2.65. The molecule has 0 N–H and O–H groups in total. The highest BCUT2D eigenvalue weighted by Gasteiger charge is 2.44. The van der Waals surface area contributed by atoms with Crippen LogP contribution < -0.4 is 0 Å². The van der Waals surface area contributed by atoms with Crippen molar-refractivity contribution in [2.75, 3.05) is 19.7 Å². The van der Waals surface area contributed by atoms with E-state index >= 15 is 0 Å². The fraction of sp³-hybridized carbons (Fsp3) is 0.882. The van der Waals surface area contributed by atoms with E-state index in [-0.39, 0.29) is 5.04 Å². The maximum atomic E-state index is 6.35. The first-order valence-electron chi connectivity index (χ1n) is 8.55. The molecule has 22 heavy (non-hydrogen) atoms. The molecule has 0 bridgehead atoms. The first-order valence-corrected chi connectivity index (χ1v) is 14.4. The summed E-state index contributed by atoms with van der Waals surface area (Å²) < 4.78 is 8.97. The second-order valence-corrected chi connectivity index (χ2v) is 19.5. The molecule has 5 heteroatoms. The predicted molar refractivity (Wildman–Crippen MR) is 103 cm³/mol. The molecule has 1 aliphatic heterocycles. The van der Waals surface area contributed by atoms with E-state index in [2.05, 4.69) is 89.7 Å². The standard InChI is InChI=1S/C17H38N2OSi2/c1-16(2,3)21(7,8)19-13-11-12-18(19)14-15-20-22(9,10)17(4,5)6/h11-12H,13-15H2,1-10H3. The lowest BCUT2D eigenvalue weighted by atomic mass is 10.2. The summed E-state index contributed by atoms with van der Waals surface area (Å²) in [4.78, 5) is 0. The molecule has 0 spiro atoms.